The minimum absolute atomic E-state index is 0. The molecule has 0 spiro atoms. The lowest BCUT2D eigenvalue weighted by Gasteiger charge is -2.40. The molecule has 0 unspecified atom stereocenters. The minimum Gasteiger partial charge on any atom is -0.870 e. The number of quaternary nitrogens is 1. The van der Waals surface area contributed by atoms with Gasteiger partial charge < -0.3 is 20.2 Å². The summed E-state index contributed by atoms with van der Waals surface area (Å²) in [6.07, 6.45) is 3.80. The molecule has 1 fully saturated rings. The van der Waals surface area contributed by atoms with E-state index >= 15 is 0 Å². The van der Waals surface area contributed by atoms with E-state index in [-0.39, 0.29) is 18.5 Å². The number of aliphatic hydroxyl groups excluding tert-OH is 1. The monoisotopic (exact) mass is 219 g/mol. The highest BCUT2D eigenvalue weighted by atomic mass is 16.4. The van der Waals surface area contributed by atoms with Gasteiger partial charge in [-0.3, -0.25) is 4.79 Å². The predicted octanol–water partition coefficient (Wildman–Crippen LogP) is 0.277. The molecule has 0 aromatic rings. The number of rotatable bonds is 5. The molecular formula is C10H21NO4. The van der Waals surface area contributed by atoms with Crippen molar-refractivity contribution in [3.8, 4) is 0 Å². The van der Waals surface area contributed by atoms with E-state index in [9.17, 15) is 4.79 Å². The molecule has 5 nitrogen and oxygen atoms in total. The summed E-state index contributed by atoms with van der Waals surface area (Å²) in [7, 11) is 0. The Morgan fingerprint density at radius 1 is 1.13 bits per heavy atom. The van der Waals surface area contributed by atoms with Crippen LogP contribution in [0, 0.1) is 0 Å². The highest BCUT2D eigenvalue weighted by molar-refractivity contribution is 5.66. The van der Waals surface area contributed by atoms with Gasteiger partial charge in [-0.05, 0) is 19.3 Å². The molecule has 1 heterocycles. The normalized spacial score (nSPS) is 19.3. The van der Waals surface area contributed by atoms with Gasteiger partial charge in [0.2, 0.25) is 0 Å². The number of carboxylic acid groups (broad SMARTS) is 1. The molecule has 90 valence electrons. The summed E-state index contributed by atoms with van der Waals surface area (Å²) in [6.45, 7) is 3.63. The molecule has 0 aromatic heterocycles. The van der Waals surface area contributed by atoms with Crippen LogP contribution in [0.4, 0.5) is 0 Å². The first-order valence-electron chi connectivity index (χ1n) is 5.36. The molecule has 0 saturated carbocycles. The number of aliphatic hydroxyl groups is 1. The lowest BCUT2D eigenvalue weighted by atomic mass is 10.1. The van der Waals surface area contributed by atoms with Crippen molar-refractivity contribution in [1.82, 2.24) is 0 Å². The number of hydrogen-bond donors (Lipinski definition) is 2. The summed E-state index contributed by atoms with van der Waals surface area (Å²) < 4.78 is 0.808. The van der Waals surface area contributed by atoms with Crippen molar-refractivity contribution in [3.63, 3.8) is 0 Å². The third kappa shape index (κ3) is 4.59. The van der Waals surface area contributed by atoms with E-state index in [2.05, 4.69) is 0 Å². The van der Waals surface area contributed by atoms with E-state index in [1.807, 2.05) is 0 Å². The maximum Gasteiger partial charge on any atom is 0.309 e. The molecule has 0 amide bonds. The highest BCUT2D eigenvalue weighted by Crippen LogP contribution is 2.19. The topological polar surface area (TPSA) is 87.5 Å². The fourth-order valence-corrected chi connectivity index (χ4v) is 2.29. The van der Waals surface area contributed by atoms with Gasteiger partial charge in [0.1, 0.15) is 6.54 Å². The largest absolute Gasteiger partial charge is 0.870 e. The number of carboxylic acids is 1. The third-order valence-corrected chi connectivity index (χ3v) is 3.14. The third-order valence-electron chi connectivity index (χ3n) is 3.14. The van der Waals surface area contributed by atoms with Crippen LogP contribution in [-0.4, -0.2) is 58.9 Å². The number of likely N-dealkylation sites (tertiary alicyclic amines) is 1. The van der Waals surface area contributed by atoms with Gasteiger partial charge in [-0.2, -0.15) is 0 Å². The number of nitrogens with zero attached hydrogens (tertiary/aromatic N) is 1. The molecular weight excluding hydrogens is 198 g/mol. The second-order valence-corrected chi connectivity index (χ2v) is 4.16. The molecule has 0 bridgehead atoms. The predicted molar refractivity (Wildman–Crippen MR) is 54.9 cm³/mol. The van der Waals surface area contributed by atoms with Crippen molar-refractivity contribution in [2.75, 3.05) is 32.8 Å². The molecule has 0 aliphatic carbocycles. The number of aliphatic carboxylic acids is 1. The Balaban J connectivity index is 0.00000196. The van der Waals surface area contributed by atoms with E-state index < -0.39 is 5.97 Å². The fraction of sp³-hybridized carbons (Fsp3) is 0.900. The molecule has 0 radical (unpaired) electrons. The Labute approximate surface area is 90.2 Å². The lowest BCUT2D eigenvalue weighted by Crippen LogP contribution is -2.54. The van der Waals surface area contributed by atoms with E-state index in [0.29, 0.717) is 13.1 Å². The number of hydrogen-bond acceptors (Lipinski definition) is 3. The second kappa shape index (κ2) is 6.76. The summed E-state index contributed by atoms with van der Waals surface area (Å²) in [6, 6.07) is 0. The van der Waals surface area contributed by atoms with Crippen LogP contribution in [0.15, 0.2) is 0 Å². The van der Waals surface area contributed by atoms with Gasteiger partial charge in [-0.1, -0.05) is 0 Å². The summed E-state index contributed by atoms with van der Waals surface area (Å²) in [5, 5.41) is 17.6. The Bertz CT molecular complexity index is 184. The molecule has 1 aliphatic heterocycles. The van der Waals surface area contributed by atoms with Gasteiger partial charge in [-0.15, -0.1) is 0 Å². The number of piperidine rings is 1. The molecule has 5 heteroatoms. The van der Waals surface area contributed by atoms with E-state index in [1.54, 1.807) is 0 Å². The molecule has 0 aromatic carbocycles. The van der Waals surface area contributed by atoms with Gasteiger partial charge in [0.25, 0.3) is 0 Å². The average Bonchev–Trinajstić information content (AvgIpc) is 2.17. The summed E-state index contributed by atoms with van der Waals surface area (Å²) >= 11 is 0. The maximum atomic E-state index is 10.5. The van der Waals surface area contributed by atoms with Gasteiger partial charge >= 0.3 is 5.97 Å². The van der Waals surface area contributed by atoms with Gasteiger partial charge in [0, 0.05) is 0 Å². The van der Waals surface area contributed by atoms with Gasteiger partial charge in [0.05, 0.1) is 32.7 Å². The quantitative estimate of drug-likeness (QED) is 0.650. The van der Waals surface area contributed by atoms with Crippen molar-refractivity contribution in [3.05, 3.63) is 0 Å². The zero-order valence-corrected chi connectivity index (χ0v) is 9.06. The zero-order chi connectivity index (χ0) is 10.4. The van der Waals surface area contributed by atoms with Crippen LogP contribution in [0.5, 0.6) is 0 Å². The molecule has 1 aliphatic rings. The molecule has 0 atom stereocenters. The first-order chi connectivity index (χ1) is 6.68. The van der Waals surface area contributed by atoms with Gasteiger partial charge in [0.15, 0.2) is 0 Å². The summed E-state index contributed by atoms with van der Waals surface area (Å²) in [5.74, 6) is -0.731. The standard InChI is InChI=1S/C10H19NO3.H2O/c12-9-8-11(7-4-10(13)14)5-2-1-3-6-11;/h12H,1-9H2;1H2. The van der Waals surface area contributed by atoms with Crippen LogP contribution >= 0.6 is 0 Å². The number of carbonyl (C=O) groups is 1. The van der Waals surface area contributed by atoms with Crippen molar-refractivity contribution < 1.29 is 25.0 Å². The molecule has 1 rings (SSSR count). The molecule has 1 saturated heterocycles. The molecule has 3 N–H and O–H groups in total. The first kappa shape index (κ1) is 14.3. The van der Waals surface area contributed by atoms with E-state index in [0.717, 1.165) is 17.6 Å². The summed E-state index contributed by atoms with van der Waals surface area (Å²) in [4.78, 5) is 10.5. The Kier molecular flexibility index (Phi) is 6.47. The Morgan fingerprint density at radius 3 is 2.20 bits per heavy atom. The van der Waals surface area contributed by atoms with Crippen LogP contribution in [-0.2, 0) is 4.79 Å². The summed E-state index contributed by atoms with van der Waals surface area (Å²) in [5.41, 5.74) is 0. The van der Waals surface area contributed by atoms with Crippen molar-refractivity contribution >= 4 is 5.97 Å². The lowest BCUT2D eigenvalue weighted by molar-refractivity contribution is -0.932. The first-order valence-corrected chi connectivity index (χ1v) is 5.36. The Hall–Kier alpha value is -0.650. The van der Waals surface area contributed by atoms with Crippen LogP contribution in [0.25, 0.3) is 0 Å². The highest BCUT2D eigenvalue weighted by Gasteiger charge is 2.29. The average molecular weight is 219 g/mol. The molecule has 15 heavy (non-hydrogen) atoms. The van der Waals surface area contributed by atoms with Gasteiger partial charge in [-0.25, -0.2) is 0 Å². The van der Waals surface area contributed by atoms with E-state index in [1.165, 1.54) is 19.3 Å². The SMILES string of the molecule is O=C(O)CC[N+]1(CCO)CCCCC1.[OH-]. The zero-order valence-electron chi connectivity index (χ0n) is 9.06. The van der Waals surface area contributed by atoms with Crippen LogP contribution in [0.2, 0.25) is 0 Å². The minimum atomic E-state index is -0.731. The van der Waals surface area contributed by atoms with Crippen LogP contribution in [0.3, 0.4) is 0 Å². The Morgan fingerprint density at radius 2 is 1.73 bits per heavy atom. The van der Waals surface area contributed by atoms with E-state index in [4.69, 9.17) is 10.2 Å². The maximum absolute atomic E-state index is 10.5. The second-order valence-electron chi connectivity index (χ2n) is 4.16. The van der Waals surface area contributed by atoms with Crippen LogP contribution < -0.4 is 0 Å². The van der Waals surface area contributed by atoms with Crippen LogP contribution in [0.1, 0.15) is 25.7 Å². The smallest absolute Gasteiger partial charge is 0.309 e. The van der Waals surface area contributed by atoms with Crippen molar-refractivity contribution in [2.45, 2.75) is 25.7 Å². The van der Waals surface area contributed by atoms with Crippen molar-refractivity contribution in [1.29, 1.82) is 0 Å². The fourth-order valence-electron chi connectivity index (χ4n) is 2.29. The van der Waals surface area contributed by atoms with Crippen molar-refractivity contribution in [2.24, 2.45) is 0 Å².